The van der Waals surface area contributed by atoms with Crippen molar-refractivity contribution < 1.29 is 9.84 Å². The van der Waals surface area contributed by atoms with Gasteiger partial charge >= 0.3 is 0 Å². The summed E-state index contributed by atoms with van der Waals surface area (Å²) >= 11 is 0. The molecule has 0 saturated heterocycles. The number of aliphatic hydroxyl groups excluding tert-OH is 1. The Morgan fingerprint density at radius 1 is 1.67 bits per heavy atom. The second-order valence-electron chi connectivity index (χ2n) is 2.23. The standard InChI is InChI=1S/C7H14O2/c1-5(2)7(8)6(3)9-4/h6-8H,1H2,2-4H3. The number of aliphatic hydroxyl groups is 1. The van der Waals surface area contributed by atoms with Crippen molar-refractivity contribution in [2.75, 3.05) is 7.11 Å². The molecule has 0 bridgehead atoms. The highest BCUT2D eigenvalue weighted by molar-refractivity contribution is 4.99. The maximum Gasteiger partial charge on any atom is 0.100 e. The molecule has 2 unspecified atom stereocenters. The van der Waals surface area contributed by atoms with Gasteiger partial charge in [-0.3, -0.25) is 0 Å². The molecule has 1 N–H and O–H groups in total. The van der Waals surface area contributed by atoms with Crippen LogP contribution in [0.15, 0.2) is 12.2 Å². The fraction of sp³-hybridized carbons (Fsp3) is 0.714. The molecule has 9 heavy (non-hydrogen) atoms. The molecule has 54 valence electrons. The van der Waals surface area contributed by atoms with Gasteiger partial charge in [-0.05, 0) is 19.4 Å². The van der Waals surface area contributed by atoms with E-state index in [2.05, 4.69) is 6.58 Å². The largest absolute Gasteiger partial charge is 0.386 e. The summed E-state index contributed by atoms with van der Waals surface area (Å²) in [6.07, 6.45) is -0.683. The zero-order valence-corrected chi connectivity index (χ0v) is 6.22. The van der Waals surface area contributed by atoms with Crippen LogP contribution in [-0.4, -0.2) is 24.4 Å². The van der Waals surface area contributed by atoms with Crippen molar-refractivity contribution in [1.82, 2.24) is 0 Å². The van der Waals surface area contributed by atoms with Crippen LogP contribution >= 0.6 is 0 Å². The zero-order chi connectivity index (χ0) is 7.44. The molecule has 0 aliphatic rings. The van der Waals surface area contributed by atoms with Gasteiger partial charge in [0.25, 0.3) is 0 Å². The first-order chi connectivity index (χ1) is 4.09. The van der Waals surface area contributed by atoms with Gasteiger partial charge in [-0.1, -0.05) is 6.58 Å². The van der Waals surface area contributed by atoms with E-state index < -0.39 is 6.10 Å². The molecule has 0 aromatic rings. The van der Waals surface area contributed by atoms with E-state index >= 15 is 0 Å². The third-order valence-electron chi connectivity index (χ3n) is 1.32. The van der Waals surface area contributed by atoms with E-state index in [1.54, 1.807) is 21.0 Å². The number of methoxy groups -OCH3 is 1. The van der Waals surface area contributed by atoms with Gasteiger partial charge in [0.05, 0.1) is 6.10 Å². The van der Waals surface area contributed by atoms with E-state index in [0.717, 1.165) is 5.57 Å². The van der Waals surface area contributed by atoms with Crippen LogP contribution in [-0.2, 0) is 4.74 Å². The average molecular weight is 130 g/mol. The predicted octanol–water partition coefficient (Wildman–Crippen LogP) is 0.958. The molecule has 0 radical (unpaired) electrons. The lowest BCUT2D eigenvalue weighted by atomic mass is 10.1. The Morgan fingerprint density at radius 2 is 2.11 bits per heavy atom. The molecule has 0 spiro atoms. The van der Waals surface area contributed by atoms with Crippen molar-refractivity contribution in [3.63, 3.8) is 0 Å². The summed E-state index contributed by atoms with van der Waals surface area (Å²) in [4.78, 5) is 0. The Labute approximate surface area is 56.1 Å². The summed E-state index contributed by atoms with van der Waals surface area (Å²) in [6, 6.07) is 0. The van der Waals surface area contributed by atoms with Crippen LogP contribution in [0.4, 0.5) is 0 Å². The predicted molar refractivity (Wildman–Crippen MR) is 37.3 cm³/mol. The topological polar surface area (TPSA) is 29.5 Å². The van der Waals surface area contributed by atoms with Crippen LogP contribution in [0.25, 0.3) is 0 Å². The van der Waals surface area contributed by atoms with Crippen LogP contribution in [0.1, 0.15) is 13.8 Å². The summed E-state index contributed by atoms with van der Waals surface area (Å²) in [6.45, 7) is 7.18. The molecule has 0 aromatic carbocycles. The van der Waals surface area contributed by atoms with Crippen LogP contribution in [0.2, 0.25) is 0 Å². The van der Waals surface area contributed by atoms with Crippen molar-refractivity contribution >= 4 is 0 Å². The Balaban J connectivity index is 3.72. The average Bonchev–Trinajstić information content (AvgIpc) is 1.84. The monoisotopic (exact) mass is 130 g/mol. The van der Waals surface area contributed by atoms with Gasteiger partial charge in [0.1, 0.15) is 6.10 Å². The normalized spacial score (nSPS) is 16.9. The minimum atomic E-state index is -0.532. The molecule has 2 atom stereocenters. The number of rotatable bonds is 3. The SMILES string of the molecule is C=C(C)C(O)C(C)OC. The van der Waals surface area contributed by atoms with Crippen molar-refractivity contribution in [2.45, 2.75) is 26.1 Å². The van der Waals surface area contributed by atoms with Gasteiger partial charge in [0.15, 0.2) is 0 Å². The van der Waals surface area contributed by atoms with E-state index in [-0.39, 0.29) is 6.10 Å². The molecular weight excluding hydrogens is 116 g/mol. The van der Waals surface area contributed by atoms with Crippen molar-refractivity contribution in [3.05, 3.63) is 12.2 Å². The Morgan fingerprint density at radius 3 is 2.22 bits per heavy atom. The molecule has 0 aliphatic heterocycles. The quantitative estimate of drug-likeness (QED) is 0.576. The molecule has 0 aromatic heterocycles. The van der Waals surface area contributed by atoms with Gasteiger partial charge in [0.2, 0.25) is 0 Å². The first kappa shape index (κ1) is 8.66. The number of ether oxygens (including phenoxy) is 1. The maximum absolute atomic E-state index is 9.17. The molecule has 2 heteroatoms. The highest BCUT2D eigenvalue weighted by Gasteiger charge is 2.12. The molecule has 0 amide bonds. The lowest BCUT2D eigenvalue weighted by molar-refractivity contribution is 0.0191. The zero-order valence-electron chi connectivity index (χ0n) is 6.22. The summed E-state index contributed by atoms with van der Waals surface area (Å²) < 4.78 is 4.86. The summed E-state index contributed by atoms with van der Waals surface area (Å²) in [7, 11) is 1.57. The Bertz CT molecular complexity index is 99.1. The summed E-state index contributed by atoms with van der Waals surface area (Å²) in [5.41, 5.74) is 0.740. The van der Waals surface area contributed by atoms with Crippen molar-refractivity contribution in [3.8, 4) is 0 Å². The lowest BCUT2D eigenvalue weighted by Crippen LogP contribution is -2.25. The molecule has 2 nitrogen and oxygen atoms in total. The van der Waals surface area contributed by atoms with Crippen LogP contribution in [0.5, 0.6) is 0 Å². The van der Waals surface area contributed by atoms with Crippen LogP contribution in [0.3, 0.4) is 0 Å². The number of hydrogen-bond donors (Lipinski definition) is 1. The van der Waals surface area contributed by atoms with E-state index in [4.69, 9.17) is 4.74 Å². The van der Waals surface area contributed by atoms with E-state index in [0.29, 0.717) is 0 Å². The molecule has 0 rings (SSSR count). The van der Waals surface area contributed by atoms with Crippen LogP contribution < -0.4 is 0 Å². The maximum atomic E-state index is 9.17. The van der Waals surface area contributed by atoms with E-state index in [1.165, 1.54) is 0 Å². The smallest absolute Gasteiger partial charge is 0.100 e. The van der Waals surface area contributed by atoms with Crippen molar-refractivity contribution in [1.29, 1.82) is 0 Å². The fourth-order valence-electron chi connectivity index (χ4n) is 0.530. The highest BCUT2D eigenvalue weighted by atomic mass is 16.5. The van der Waals surface area contributed by atoms with Gasteiger partial charge < -0.3 is 9.84 Å². The van der Waals surface area contributed by atoms with Gasteiger partial charge in [-0.2, -0.15) is 0 Å². The third-order valence-corrected chi connectivity index (χ3v) is 1.32. The third kappa shape index (κ3) is 2.63. The molecule has 0 aliphatic carbocycles. The molecule has 0 saturated carbocycles. The minimum absolute atomic E-state index is 0.150. The molecular formula is C7H14O2. The molecule has 0 heterocycles. The van der Waals surface area contributed by atoms with Gasteiger partial charge in [0, 0.05) is 7.11 Å². The first-order valence-electron chi connectivity index (χ1n) is 2.96. The van der Waals surface area contributed by atoms with Crippen molar-refractivity contribution in [2.24, 2.45) is 0 Å². The first-order valence-corrected chi connectivity index (χ1v) is 2.96. The number of hydrogen-bond acceptors (Lipinski definition) is 2. The Kier molecular flexibility index (Phi) is 3.50. The summed E-state index contributed by atoms with van der Waals surface area (Å²) in [5, 5.41) is 9.17. The lowest BCUT2D eigenvalue weighted by Gasteiger charge is -2.16. The van der Waals surface area contributed by atoms with Gasteiger partial charge in [-0.25, -0.2) is 0 Å². The molecule has 0 fully saturated rings. The van der Waals surface area contributed by atoms with E-state index in [1.807, 2.05) is 0 Å². The second-order valence-corrected chi connectivity index (χ2v) is 2.23. The highest BCUT2D eigenvalue weighted by Crippen LogP contribution is 2.04. The van der Waals surface area contributed by atoms with E-state index in [9.17, 15) is 5.11 Å². The summed E-state index contributed by atoms with van der Waals surface area (Å²) in [5.74, 6) is 0. The van der Waals surface area contributed by atoms with Gasteiger partial charge in [-0.15, -0.1) is 0 Å². The fourth-order valence-corrected chi connectivity index (χ4v) is 0.530. The second kappa shape index (κ2) is 3.64. The minimum Gasteiger partial charge on any atom is -0.386 e. The Hall–Kier alpha value is -0.340. The van der Waals surface area contributed by atoms with Crippen LogP contribution in [0, 0.1) is 0 Å².